The van der Waals surface area contributed by atoms with Crippen molar-refractivity contribution in [2.75, 3.05) is 6.61 Å². The lowest BCUT2D eigenvalue weighted by Gasteiger charge is -2.22. The standard InChI is InChI=1S/C17H21NO3S/c1-11-5-6-13(9-12(11)2)21-8-7-17(3,4)16-18-14(10-22-16)15(19)20/h5-6,9-10H,7-8H2,1-4H3,(H,19,20). The van der Waals surface area contributed by atoms with E-state index in [0.717, 1.165) is 17.2 Å². The molecule has 0 spiro atoms. The molecule has 1 N–H and O–H groups in total. The minimum Gasteiger partial charge on any atom is -0.494 e. The minimum atomic E-state index is -0.982. The number of benzene rings is 1. The number of nitrogens with zero attached hydrogens (tertiary/aromatic N) is 1. The van der Waals surface area contributed by atoms with Crippen LogP contribution in [0.2, 0.25) is 0 Å². The van der Waals surface area contributed by atoms with Crippen LogP contribution < -0.4 is 4.74 Å². The molecule has 1 aromatic carbocycles. The first kappa shape index (κ1) is 16.5. The summed E-state index contributed by atoms with van der Waals surface area (Å²) in [4.78, 5) is 15.1. The zero-order valence-corrected chi connectivity index (χ0v) is 14.2. The van der Waals surface area contributed by atoms with E-state index in [1.165, 1.54) is 22.5 Å². The second-order valence-electron chi connectivity index (χ2n) is 6.07. The van der Waals surface area contributed by atoms with Crippen molar-refractivity contribution in [2.24, 2.45) is 0 Å². The third-order valence-corrected chi connectivity index (χ3v) is 4.98. The van der Waals surface area contributed by atoms with Crippen molar-refractivity contribution < 1.29 is 14.6 Å². The molecule has 0 saturated carbocycles. The number of carboxylic acid groups (broad SMARTS) is 1. The number of ether oxygens (including phenoxy) is 1. The van der Waals surface area contributed by atoms with Crippen LogP contribution in [0.4, 0.5) is 0 Å². The van der Waals surface area contributed by atoms with Crippen molar-refractivity contribution in [1.29, 1.82) is 0 Å². The Kier molecular flexibility index (Phi) is 4.86. The number of hydrogen-bond donors (Lipinski definition) is 1. The Balaban J connectivity index is 1.96. The number of rotatable bonds is 6. The van der Waals surface area contributed by atoms with E-state index in [2.05, 4.69) is 38.7 Å². The molecule has 0 radical (unpaired) electrons. The summed E-state index contributed by atoms with van der Waals surface area (Å²) in [5.41, 5.74) is 2.36. The Morgan fingerprint density at radius 2 is 2.05 bits per heavy atom. The van der Waals surface area contributed by atoms with Gasteiger partial charge in [0.05, 0.1) is 11.6 Å². The van der Waals surface area contributed by atoms with Gasteiger partial charge in [-0.3, -0.25) is 0 Å². The van der Waals surface area contributed by atoms with Crippen molar-refractivity contribution in [3.63, 3.8) is 0 Å². The van der Waals surface area contributed by atoms with Gasteiger partial charge in [-0.1, -0.05) is 19.9 Å². The van der Waals surface area contributed by atoms with Crippen LogP contribution >= 0.6 is 11.3 Å². The average Bonchev–Trinajstić information content (AvgIpc) is 2.93. The first-order valence-electron chi connectivity index (χ1n) is 7.19. The summed E-state index contributed by atoms with van der Waals surface area (Å²) in [5, 5.41) is 11.4. The number of thiazole rings is 1. The van der Waals surface area contributed by atoms with Gasteiger partial charge in [-0.15, -0.1) is 11.3 Å². The van der Waals surface area contributed by atoms with Gasteiger partial charge in [-0.2, -0.15) is 0 Å². The number of hydrogen-bond acceptors (Lipinski definition) is 4. The Labute approximate surface area is 134 Å². The number of carboxylic acids is 1. The second-order valence-corrected chi connectivity index (χ2v) is 6.93. The Morgan fingerprint density at radius 1 is 1.32 bits per heavy atom. The zero-order valence-electron chi connectivity index (χ0n) is 13.3. The van der Waals surface area contributed by atoms with Crippen molar-refractivity contribution in [3.05, 3.63) is 45.4 Å². The molecule has 1 aromatic heterocycles. The van der Waals surface area contributed by atoms with E-state index >= 15 is 0 Å². The van der Waals surface area contributed by atoms with E-state index in [1.807, 2.05) is 12.1 Å². The summed E-state index contributed by atoms with van der Waals surface area (Å²) in [6, 6.07) is 6.06. The van der Waals surface area contributed by atoms with Crippen LogP contribution in [0.15, 0.2) is 23.6 Å². The molecule has 0 aliphatic carbocycles. The maximum atomic E-state index is 10.9. The lowest BCUT2D eigenvalue weighted by atomic mass is 9.90. The van der Waals surface area contributed by atoms with Crippen LogP contribution in [0, 0.1) is 13.8 Å². The van der Waals surface area contributed by atoms with Crippen molar-refractivity contribution in [3.8, 4) is 5.75 Å². The van der Waals surface area contributed by atoms with Crippen molar-refractivity contribution >= 4 is 17.3 Å². The van der Waals surface area contributed by atoms with Gasteiger partial charge in [0.2, 0.25) is 0 Å². The van der Waals surface area contributed by atoms with E-state index < -0.39 is 5.97 Å². The summed E-state index contributed by atoms with van der Waals surface area (Å²) in [7, 11) is 0. The first-order chi connectivity index (χ1) is 10.3. The predicted molar refractivity (Wildman–Crippen MR) is 88.1 cm³/mol. The molecular formula is C17H21NO3S. The lowest BCUT2D eigenvalue weighted by Crippen LogP contribution is -2.20. The van der Waals surface area contributed by atoms with Gasteiger partial charge in [0.25, 0.3) is 0 Å². The maximum absolute atomic E-state index is 10.9. The van der Waals surface area contributed by atoms with Gasteiger partial charge in [0, 0.05) is 10.8 Å². The van der Waals surface area contributed by atoms with E-state index in [1.54, 1.807) is 5.38 Å². The highest BCUT2D eigenvalue weighted by molar-refractivity contribution is 7.10. The molecule has 0 aliphatic rings. The molecule has 4 nitrogen and oxygen atoms in total. The van der Waals surface area contributed by atoms with Gasteiger partial charge in [0.1, 0.15) is 5.75 Å². The van der Waals surface area contributed by atoms with Crippen LogP contribution in [0.5, 0.6) is 5.75 Å². The molecule has 0 unspecified atom stereocenters. The molecule has 1 heterocycles. The molecular weight excluding hydrogens is 298 g/mol. The van der Waals surface area contributed by atoms with Crippen molar-refractivity contribution in [1.82, 2.24) is 4.98 Å². The van der Waals surface area contributed by atoms with Gasteiger partial charge in [-0.05, 0) is 43.5 Å². The van der Waals surface area contributed by atoms with Gasteiger partial charge < -0.3 is 9.84 Å². The molecule has 0 saturated heterocycles. The molecule has 0 fully saturated rings. The van der Waals surface area contributed by atoms with Gasteiger partial charge in [0.15, 0.2) is 5.69 Å². The van der Waals surface area contributed by atoms with E-state index in [0.29, 0.717) is 6.61 Å². The summed E-state index contributed by atoms with van der Waals surface area (Å²) in [6.07, 6.45) is 0.770. The highest BCUT2D eigenvalue weighted by Gasteiger charge is 2.25. The van der Waals surface area contributed by atoms with Crippen LogP contribution in [0.3, 0.4) is 0 Å². The van der Waals surface area contributed by atoms with Crippen molar-refractivity contribution in [2.45, 2.75) is 39.5 Å². The molecule has 0 bridgehead atoms. The smallest absolute Gasteiger partial charge is 0.355 e. The number of carbonyl (C=O) groups is 1. The lowest BCUT2D eigenvalue weighted by molar-refractivity contribution is 0.0691. The largest absolute Gasteiger partial charge is 0.494 e. The summed E-state index contributed by atoms with van der Waals surface area (Å²) < 4.78 is 5.81. The van der Waals surface area contributed by atoms with Gasteiger partial charge >= 0.3 is 5.97 Å². The molecule has 22 heavy (non-hydrogen) atoms. The molecule has 2 rings (SSSR count). The minimum absolute atomic E-state index is 0.114. The fraction of sp³-hybridized carbons (Fsp3) is 0.412. The number of aryl methyl sites for hydroxylation is 2. The fourth-order valence-electron chi connectivity index (χ4n) is 2.02. The average molecular weight is 319 g/mol. The molecule has 118 valence electrons. The highest BCUT2D eigenvalue weighted by Crippen LogP contribution is 2.30. The Morgan fingerprint density at radius 3 is 2.64 bits per heavy atom. The highest BCUT2D eigenvalue weighted by atomic mass is 32.1. The monoisotopic (exact) mass is 319 g/mol. The third-order valence-electron chi connectivity index (χ3n) is 3.78. The van der Waals surface area contributed by atoms with Crippen LogP contribution in [-0.4, -0.2) is 22.7 Å². The van der Waals surface area contributed by atoms with Gasteiger partial charge in [-0.25, -0.2) is 9.78 Å². The third kappa shape index (κ3) is 3.85. The van der Waals surface area contributed by atoms with E-state index in [-0.39, 0.29) is 11.1 Å². The maximum Gasteiger partial charge on any atom is 0.355 e. The Bertz CT molecular complexity index is 676. The van der Waals surface area contributed by atoms with Crippen LogP contribution in [0.25, 0.3) is 0 Å². The summed E-state index contributed by atoms with van der Waals surface area (Å²) in [5.74, 6) is -0.117. The van der Waals surface area contributed by atoms with Crippen LogP contribution in [0.1, 0.15) is 46.9 Å². The zero-order chi connectivity index (χ0) is 16.3. The molecule has 0 aliphatic heterocycles. The SMILES string of the molecule is Cc1ccc(OCCC(C)(C)c2nc(C(=O)O)cs2)cc1C. The Hall–Kier alpha value is -1.88. The number of aromatic nitrogens is 1. The van der Waals surface area contributed by atoms with Crippen LogP contribution in [-0.2, 0) is 5.41 Å². The fourth-order valence-corrected chi connectivity index (χ4v) is 2.97. The molecule has 0 atom stereocenters. The predicted octanol–water partition coefficient (Wildman–Crippen LogP) is 4.20. The summed E-state index contributed by atoms with van der Waals surface area (Å²) >= 11 is 1.39. The molecule has 2 aromatic rings. The summed E-state index contributed by atoms with van der Waals surface area (Å²) in [6.45, 7) is 8.82. The molecule has 0 amide bonds. The molecule has 5 heteroatoms. The van der Waals surface area contributed by atoms with E-state index in [4.69, 9.17) is 9.84 Å². The number of aromatic carboxylic acids is 1. The van der Waals surface area contributed by atoms with E-state index in [9.17, 15) is 4.79 Å². The normalized spacial score (nSPS) is 11.5. The second kappa shape index (κ2) is 6.48. The first-order valence-corrected chi connectivity index (χ1v) is 8.07. The quantitative estimate of drug-likeness (QED) is 0.866. The topological polar surface area (TPSA) is 59.4 Å².